The molecule has 0 unspecified atom stereocenters. The van der Waals surface area contributed by atoms with E-state index in [9.17, 15) is 14.4 Å². The van der Waals surface area contributed by atoms with Gasteiger partial charge in [-0.3, -0.25) is 14.4 Å². The summed E-state index contributed by atoms with van der Waals surface area (Å²) in [6.45, 7) is 15.0. The molecule has 5 aromatic rings. The molecule has 1 saturated heterocycles. The summed E-state index contributed by atoms with van der Waals surface area (Å²) in [5, 5.41) is 7.92. The van der Waals surface area contributed by atoms with Gasteiger partial charge in [0.2, 0.25) is 17.4 Å². The number of pyridine rings is 1. The molecule has 1 saturated carbocycles. The van der Waals surface area contributed by atoms with E-state index in [1.807, 2.05) is 103 Å². The number of nitrogens with one attached hydrogen (secondary N) is 3. The molecule has 0 bridgehead atoms. The monoisotopic (exact) mass is 841 g/mol. The third kappa shape index (κ3) is 9.86. The number of rotatable bonds is 17. The molecule has 322 valence electrons. The van der Waals surface area contributed by atoms with Gasteiger partial charge in [0.25, 0.3) is 0 Å². The summed E-state index contributed by atoms with van der Waals surface area (Å²) >= 11 is 0. The fourth-order valence-corrected chi connectivity index (χ4v) is 10.5. The summed E-state index contributed by atoms with van der Waals surface area (Å²) in [6, 6.07) is 37.5. The first-order valence-electron chi connectivity index (χ1n) is 21.9. The quantitative estimate of drug-likeness (QED) is 0.0701. The third-order valence-electron chi connectivity index (χ3n) is 13.6. The zero-order valence-corrected chi connectivity index (χ0v) is 37.4. The van der Waals surface area contributed by atoms with Gasteiger partial charge < -0.3 is 35.4 Å². The van der Waals surface area contributed by atoms with Gasteiger partial charge in [0.05, 0.1) is 11.6 Å². The highest BCUT2D eigenvalue weighted by molar-refractivity contribution is 6.74. The van der Waals surface area contributed by atoms with Gasteiger partial charge in [0, 0.05) is 49.6 Å². The topological polar surface area (TPSA) is 139 Å². The Hall–Kier alpha value is -5.07. The summed E-state index contributed by atoms with van der Waals surface area (Å²) in [4.78, 5) is 45.1. The second kappa shape index (κ2) is 18.9. The summed E-state index contributed by atoms with van der Waals surface area (Å²) in [5.74, 6) is 0.304. The van der Waals surface area contributed by atoms with Gasteiger partial charge in [0.1, 0.15) is 17.8 Å². The molecule has 2 fully saturated rings. The van der Waals surface area contributed by atoms with Crippen LogP contribution in [0.5, 0.6) is 5.75 Å². The molecule has 0 radical (unpaired) electrons. The first-order valence-corrected chi connectivity index (χ1v) is 24.8. The van der Waals surface area contributed by atoms with Crippen molar-refractivity contribution in [3.63, 3.8) is 0 Å². The van der Waals surface area contributed by atoms with Crippen LogP contribution < -0.4 is 26.7 Å². The van der Waals surface area contributed by atoms with Gasteiger partial charge in [-0.05, 0) is 90.7 Å². The molecule has 11 heteroatoms. The molecule has 1 aliphatic heterocycles. The van der Waals surface area contributed by atoms with E-state index in [1.54, 1.807) is 6.07 Å². The summed E-state index contributed by atoms with van der Waals surface area (Å²) in [6.07, 6.45) is 3.01. The fraction of sp³-hybridized carbons (Fsp3) is 0.420. The number of carbonyl (C=O) groups excluding carboxylic acids is 2. The summed E-state index contributed by atoms with van der Waals surface area (Å²) in [7, 11) is -2.25. The van der Waals surface area contributed by atoms with E-state index in [4.69, 9.17) is 14.9 Å². The molecule has 4 atom stereocenters. The lowest BCUT2D eigenvalue weighted by Crippen LogP contribution is -2.49. The van der Waals surface area contributed by atoms with Gasteiger partial charge in [0.15, 0.2) is 8.32 Å². The van der Waals surface area contributed by atoms with Gasteiger partial charge in [-0.1, -0.05) is 118 Å². The molecule has 2 heterocycles. The zero-order chi connectivity index (χ0) is 43.2. The maximum absolute atomic E-state index is 13.6. The number of H-pyrrole nitrogens is 1. The van der Waals surface area contributed by atoms with Crippen LogP contribution in [0.4, 0.5) is 0 Å². The first kappa shape index (κ1) is 44.0. The second-order valence-corrected chi connectivity index (χ2v) is 23.3. The number of aromatic amines is 1. The van der Waals surface area contributed by atoms with Crippen molar-refractivity contribution in [1.29, 1.82) is 0 Å². The van der Waals surface area contributed by atoms with E-state index < -0.39 is 13.7 Å². The van der Waals surface area contributed by atoms with Crippen LogP contribution in [-0.2, 0) is 26.0 Å². The normalized spacial score (nSPS) is 19.2. The molecule has 0 spiro atoms. The largest absolute Gasteiger partial charge is 0.487 e. The number of hydrogen-bond donors (Lipinski definition) is 4. The Bertz CT molecular complexity index is 2270. The molecular weight excluding hydrogens is 779 g/mol. The minimum Gasteiger partial charge on any atom is -0.487 e. The standard InChI is InChI=1S/C50H63N5O5Si/c1-49(2,3)61(4,5)60-44(41-23-25-43(46-42(41)24-26-45(56)54-46)59-34-35-15-9-6-10-16-35)32-53-40-22-21-36(31-40)47(57)52-28-30-55-29-27-39(33-55)50(48(51)58,37-17-11-7-12-18-37)38-19-13-8-14-20-38/h6-20,23-26,36,39-40,44,53H,21-22,27-34H2,1-5H3,(H2,51,58)(H,52,57)(H,54,56)/t36-,39-,40+,44+/m1/s1. The maximum atomic E-state index is 13.6. The Kier molecular flexibility index (Phi) is 13.6. The van der Waals surface area contributed by atoms with Crippen molar-refractivity contribution in [2.75, 3.05) is 32.7 Å². The Balaban J connectivity index is 0.977. The van der Waals surface area contributed by atoms with Crippen LogP contribution in [0, 0.1) is 11.8 Å². The molecule has 1 aromatic heterocycles. The lowest BCUT2D eigenvalue weighted by Gasteiger charge is -2.40. The number of fused-ring (bicyclic) bond motifs is 1. The molecule has 10 nitrogen and oxygen atoms in total. The highest BCUT2D eigenvalue weighted by Gasteiger charge is 2.49. The van der Waals surface area contributed by atoms with Crippen LogP contribution in [0.2, 0.25) is 18.1 Å². The van der Waals surface area contributed by atoms with E-state index in [-0.39, 0.29) is 46.4 Å². The molecule has 2 amide bonds. The van der Waals surface area contributed by atoms with Crippen LogP contribution in [-0.4, -0.2) is 68.8 Å². The van der Waals surface area contributed by atoms with Crippen molar-refractivity contribution in [1.82, 2.24) is 20.5 Å². The number of nitrogens with zero attached hydrogens (tertiary/aromatic N) is 1. The van der Waals surface area contributed by atoms with Gasteiger partial charge in [-0.25, -0.2) is 0 Å². The number of aromatic nitrogens is 1. The van der Waals surface area contributed by atoms with Crippen molar-refractivity contribution >= 4 is 31.0 Å². The third-order valence-corrected chi connectivity index (χ3v) is 18.1. The van der Waals surface area contributed by atoms with Gasteiger partial charge in [-0.2, -0.15) is 0 Å². The highest BCUT2D eigenvalue weighted by Crippen LogP contribution is 2.44. The van der Waals surface area contributed by atoms with E-state index >= 15 is 0 Å². The number of primary amides is 1. The number of ether oxygens (including phenoxy) is 1. The molecule has 7 rings (SSSR count). The molecule has 1 aliphatic carbocycles. The number of hydrogen-bond acceptors (Lipinski definition) is 7. The van der Waals surface area contributed by atoms with Gasteiger partial charge >= 0.3 is 0 Å². The fourth-order valence-electron chi connectivity index (χ4n) is 9.21. The van der Waals surface area contributed by atoms with E-state index in [0.717, 1.165) is 59.9 Å². The van der Waals surface area contributed by atoms with Crippen molar-refractivity contribution < 1.29 is 18.8 Å². The van der Waals surface area contributed by atoms with Crippen molar-refractivity contribution in [2.45, 2.75) is 88.8 Å². The predicted octanol–water partition coefficient (Wildman–Crippen LogP) is 7.84. The van der Waals surface area contributed by atoms with Crippen LogP contribution in [0.25, 0.3) is 10.9 Å². The average molecular weight is 842 g/mol. The Morgan fingerprint density at radius 3 is 2.16 bits per heavy atom. The molecule has 61 heavy (non-hydrogen) atoms. The Labute approximate surface area is 361 Å². The molecule has 4 aromatic carbocycles. The number of nitrogens with two attached hydrogens (primary N) is 1. The number of benzene rings is 4. The number of amides is 2. The van der Waals surface area contributed by atoms with Crippen LogP contribution in [0.1, 0.15) is 74.8 Å². The van der Waals surface area contributed by atoms with E-state index in [0.29, 0.717) is 44.1 Å². The van der Waals surface area contributed by atoms with Crippen LogP contribution >= 0.6 is 0 Å². The summed E-state index contributed by atoms with van der Waals surface area (Å²) < 4.78 is 13.4. The Morgan fingerprint density at radius 2 is 1.52 bits per heavy atom. The Morgan fingerprint density at radius 1 is 0.869 bits per heavy atom. The SMILES string of the molecule is CC(C)(C)[Si](C)(C)O[C@@H](CN[C@H]1CC[C@@H](C(=O)NCCN2CC[C@@H](C(C(N)=O)(c3ccccc3)c3ccccc3)C2)C1)c1ccc(OCc2ccccc2)c2[nH]c(=O)ccc12. The van der Waals surface area contributed by atoms with Crippen molar-refractivity contribution in [3.05, 3.63) is 148 Å². The van der Waals surface area contributed by atoms with E-state index in [1.165, 1.54) is 0 Å². The smallest absolute Gasteiger partial charge is 0.248 e. The lowest BCUT2D eigenvalue weighted by atomic mass is 9.64. The maximum Gasteiger partial charge on any atom is 0.248 e. The lowest BCUT2D eigenvalue weighted by molar-refractivity contribution is -0.125. The predicted molar refractivity (Wildman–Crippen MR) is 246 cm³/mol. The van der Waals surface area contributed by atoms with E-state index in [2.05, 4.69) is 60.4 Å². The molecular formula is C50H63N5O5Si. The summed E-state index contributed by atoms with van der Waals surface area (Å²) in [5.41, 5.74) is 9.72. The second-order valence-electron chi connectivity index (χ2n) is 18.5. The molecule has 5 N–H and O–H groups in total. The van der Waals surface area contributed by atoms with Crippen molar-refractivity contribution in [2.24, 2.45) is 17.6 Å². The minimum absolute atomic E-state index is 0.00259. The minimum atomic E-state index is -2.25. The van der Waals surface area contributed by atoms with Crippen LogP contribution in [0.3, 0.4) is 0 Å². The first-order chi connectivity index (χ1) is 29.3. The number of carbonyl (C=O) groups is 2. The highest BCUT2D eigenvalue weighted by atomic mass is 28.4. The average Bonchev–Trinajstić information content (AvgIpc) is 3.93. The van der Waals surface area contributed by atoms with Gasteiger partial charge in [-0.15, -0.1) is 0 Å². The molecule has 2 aliphatic rings. The van der Waals surface area contributed by atoms with Crippen LogP contribution in [0.15, 0.2) is 120 Å². The van der Waals surface area contributed by atoms with Crippen molar-refractivity contribution in [3.8, 4) is 5.75 Å². The number of likely N-dealkylation sites (tertiary alicyclic amines) is 1. The zero-order valence-electron chi connectivity index (χ0n) is 36.4.